The van der Waals surface area contributed by atoms with Crippen LogP contribution >= 0.6 is 11.3 Å². The summed E-state index contributed by atoms with van der Waals surface area (Å²) >= 11 is 1.55. The standard InChI is InChI=1S/C17H22N4O2S/c1-11-3-4-14(16(22)20-11)17(23)21(8-13-5-6-18-7-13)9-15-12(2)19-10-24-15/h3-4,10,13,18H,5-9H2,1-2H3,(H,20,22)/t13-/m0/s1. The van der Waals surface area contributed by atoms with Gasteiger partial charge < -0.3 is 15.2 Å². The Morgan fingerprint density at radius 3 is 2.88 bits per heavy atom. The highest BCUT2D eigenvalue weighted by Crippen LogP contribution is 2.19. The van der Waals surface area contributed by atoms with Crippen LogP contribution in [0.4, 0.5) is 0 Å². The molecule has 1 amide bonds. The summed E-state index contributed by atoms with van der Waals surface area (Å²) in [5.74, 6) is 0.211. The van der Waals surface area contributed by atoms with Crippen LogP contribution in [0, 0.1) is 19.8 Å². The molecule has 0 saturated carbocycles. The Hall–Kier alpha value is -1.99. The zero-order chi connectivity index (χ0) is 17.1. The summed E-state index contributed by atoms with van der Waals surface area (Å²) in [5, 5.41) is 3.33. The zero-order valence-corrected chi connectivity index (χ0v) is 14.8. The molecular weight excluding hydrogens is 324 g/mol. The third-order valence-corrected chi connectivity index (χ3v) is 5.31. The van der Waals surface area contributed by atoms with E-state index in [1.54, 1.807) is 40.8 Å². The lowest BCUT2D eigenvalue weighted by Gasteiger charge is -2.25. The number of hydrogen-bond acceptors (Lipinski definition) is 5. The molecule has 1 aliphatic heterocycles. The highest BCUT2D eigenvalue weighted by Gasteiger charge is 2.25. The number of carbonyl (C=O) groups is 1. The molecule has 1 aliphatic rings. The van der Waals surface area contributed by atoms with Gasteiger partial charge in [-0.15, -0.1) is 11.3 Å². The fourth-order valence-corrected chi connectivity index (χ4v) is 3.76. The molecule has 3 heterocycles. The number of H-pyrrole nitrogens is 1. The third-order valence-electron chi connectivity index (χ3n) is 4.39. The second kappa shape index (κ2) is 7.27. The van der Waals surface area contributed by atoms with Gasteiger partial charge in [-0.05, 0) is 51.4 Å². The topological polar surface area (TPSA) is 78.1 Å². The van der Waals surface area contributed by atoms with Crippen molar-refractivity contribution in [3.63, 3.8) is 0 Å². The average molecular weight is 346 g/mol. The van der Waals surface area contributed by atoms with Gasteiger partial charge >= 0.3 is 0 Å². The van der Waals surface area contributed by atoms with Crippen LogP contribution in [0.3, 0.4) is 0 Å². The fraction of sp³-hybridized carbons (Fsp3) is 0.471. The average Bonchev–Trinajstić information content (AvgIpc) is 3.18. The summed E-state index contributed by atoms with van der Waals surface area (Å²) in [6.07, 6.45) is 1.05. The molecule has 1 fully saturated rings. The molecule has 0 radical (unpaired) electrons. The molecule has 128 valence electrons. The van der Waals surface area contributed by atoms with Gasteiger partial charge in [0.15, 0.2) is 0 Å². The number of nitrogens with one attached hydrogen (secondary N) is 2. The Bertz CT molecular complexity index is 777. The van der Waals surface area contributed by atoms with E-state index < -0.39 is 0 Å². The lowest BCUT2D eigenvalue weighted by atomic mass is 10.1. The number of aromatic nitrogens is 2. The van der Waals surface area contributed by atoms with E-state index in [0.29, 0.717) is 19.0 Å². The smallest absolute Gasteiger partial charge is 0.260 e. The minimum absolute atomic E-state index is 0.203. The van der Waals surface area contributed by atoms with Gasteiger partial charge in [0.1, 0.15) is 5.56 Å². The summed E-state index contributed by atoms with van der Waals surface area (Å²) in [5.41, 5.74) is 3.37. The molecule has 1 atom stereocenters. The van der Waals surface area contributed by atoms with Crippen LogP contribution in [-0.4, -0.2) is 40.4 Å². The van der Waals surface area contributed by atoms with Gasteiger partial charge in [-0.2, -0.15) is 0 Å². The van der Waals surface area contributed by atoms with E-state index in [2.05, 4.69) is 15.3 Å². The predicted molar refractivity (Wildman–Crippen MR) is 94.4 cm³/mol. The minimum atomic E-state index is -0.324. The molecule has 2 aromatic rings. The van der Waals surface area contributed by atoms with Crippen molar-refractivity contribution in [3.05, 3.63) is 49.8 Å². The van der Waals surface area contributed by atoms with Gasteiger partial charge in [-0.3, -0.25) is 9.59 Å². The Morgan fingerprint density at radius 1 is 1.42 bits per heavy atom. The Balaban J connectivity index is 1.85. The summed E-state index contributed by atoms with van der Waals surface area (Å²) in [6, 6.07) is 3.39. The molecule has 2 aromatic heterocycles. The number of carbonyl (C=O) groups excluding carboxylic acids is 1. The van der Waals surface area contributed by atoms with Crippen LogP contribution in [0.25, 0.3) is 0 Å². The molecular formula is C17H22N4O2S. The summed E-state index contributed by atoms with van der Waals surface area (Å²) < 4.78 is 0. The van der Waals surface area contributed by atoms with Crippen LogP contribution in [0.1, 0.15) is 33.0 Å². The van der Waals surface area contributed by atoms with E-state index in [1.165, 1.54) is 0 Å². The molecule has 1 saturated heterocycles. The van der Waals surface area contributed by atoms with Crippen molar-refractivity contribution >= 4 is 17.2 Å². The highest BCUT2D eigenvalue weighted by atomic mass is 32.1. The molecule has 6 nitrogen and oxygen atoms in total. The maximum absolute atomic E-state index is 13.0. The molecule has 7 heteroatoms. The van der Waals surface area contributed by atoms with Crippen LogP contribution < -0.4 is 10.9 Å². The van der Waals surface area contributed by atoms with E-state index in [-0.39, 0.29) is 17.0 Å². The van der Waals surface area contributed by atoms with Crippen molar-refractivity contribution in [2.45, 2.75) is 26.8 Å². The van der Waals surface area contributed by atoms with E-state index in [9.17, 15) is 9.59 Å². The van der Waals surface area contributed by atoms with E-state index in [4.69, 9.17) is 0 Å². The first-order valence-corrected chi connectivity index (χ1v) is 9.01. The minimum Gasteiger partial charge on any atom is -0.333 e. The number of aryl methyl sites for hydroxylation is 2. The molecule has 2 N–H and O–H groups in total. The second-order valence-electron chi connectivity index (χ2n) is 6.29. The number of thiazole rings is 1. The second-order valence-corrected chi connectivity index (χ2v) is 7.23. The number of rotatable bonds is 5. The Kier molecular flexibility index (Phi) is 5.11. The van der Waals surface area contributed by atoms with Crippen LogP contribution in [0.2, 0.25) is 0 Å². The van der Waals surface area contributed by atoms with Gasteiger partial charge in [0.25, 0.3) is 11.5 Å². The molecule has 0 spiro atoms. The fourth-order valence-electron chi connectivity index (χ4n) is 2.96. The molecule has 0 aromatic carbocycles. The first kappa shape index (κ1) is 16.9. The van der Waals surface area contributed by atoms with Crippen LogP contribution in [0.15, 0.2) is 22.4 Å². The van der Waals surface area contributed by atoms with E-state index in [0.717, 1.165) is 35.8 Å². The summed E-state index contributed by atoms with van der Waals surface area (Å²) in [6.45, 7) is 6.80. The zero-order valence-electron chi connectivity index (χ0n) is 14.0. The maximum Gasteiger partial charge on any atom is 0.260 e. The highest BCUT2D eigenvalue weighted by molar-refractivity contribution is 7.09. The molecule has 24 heavy (non-hydrogen) atoms. The SMILES string of the molecule is Cc1ccc(C(=O)N(Cc2scnc2C)C[C@H]2CCNC2)c(=O)[nH]1. The number of pyridine rings is 1. The van der Waals surface area contributed by atoms with E-state index in [1.807, 2.05) is 6.92 Å². The normalized spacial score (nSPS) is 17.2. The first-order chi connectivity index (χ1) is 11.5. The lowest BCUT2D eigenvalue weighted by Crippen LogP contribution is -2.38. The van der Waals surface area contributed by atoms with Crippen molar-refractivity contribution in [2.75, 3.05) is 19.6 Å². The number of nitrogens with zero attached hydrogens (tertiary/aromatic N) is 2. The number of hydrogen-bond donors (Lipinski definition) is 2. The van der Waals surface area contributed by atoms with Gasteiger partial charge in [-0.25, -0.2) is 4.98 Å². The first-order valence-electron chi connectivity index (χ1n) is 8.13. The van der Waals surface area contributed by atoms with Crippen molar-refractivity contribution in [1.29, 1.82) is 0 Å². The Labute approximate surface area is 144 Å². The summed E-state index contributed by atoms with van der Waals surface area (Å²) in [7, 11) is 0. The van der Waals surface area contributed by atoms with Crippen molar-refractivity contribution in [2.24, 2.45) is 5.92 Å². The van der Waals surface area contributed by atoms with Crippen molar-refractivity contribution in [3.8, 4) is 0 Å². The Morgan fingerprint density at radius 2 is 2.25 bits per heavy atom. The number of amides is 1. The van der Waals surface area contributed by atoms with Crippen LogP contribution in [-0.2, 0) is 6.54 Å². The molecule has 0 bridgehead atoms. The predicted octanol–water partition coefficient (Wildman–Crippen LogP) is 1.70. The van der Waals surface area contributed by atoms with Gasteiger partial charge in [0.2, 0.25) is 0 Å². The van der Waals surface area contributed by atoms with Crippen LogP contribution in [0.5, 0.6) is 0 Å². The van der Waals surface area contributed by atoms with Gasteiger partial charge in [0, 0.05) is 17.1 Å². The van der Waals surface area contributed by atoms with Gasteiger partial charge in [0.05, 0.1) is 17.7 Å². The molecule has 0 unspecified atom stereocenters. The summed E-state index contributed by atoms with van der Waals surface area (Å²) in [4.78, 5) is 35.0. The maximum atomic E-state index is 13.0. The lowest BCUT2D eigenvalue weighted by molar-refractivity contribution is 0.0718. The van der Waals surface area contributed by atoms with Gasteiger partial charge in [-0.1, -0.05) is 0 Å². The molecule has 3 rings (SSSR count). The number of aromatic amines is 1. The van der Waals surface area contributed by atoms with E-state index >= 15 is 0 Å². The molecule has 0 aliphatic carbocycles. The third kappa shape index (κ3) is 3.73. The van der Waals surface area contributed by atoms with Crippen molar-refractivity contribution in [1.82, 2.24) is 20.2 Å². The largest absolute Gasteiger partial charge is 0.333 e. The quantitative estimate of drug-likeness (QED) is 0.864. The monoisotopic (exact) mass is 346 g/mol. The van der Waals surface area contributed by atoms with Crippen molar-refractivity contribution < 1.29 is 4.79 Å².